The fourth-order valence-corrected chi connectivity index (χ4v) is 7.75. The number of hydrogen-bond donors (Lipinski definition) is 0. The van der Waals surface area contributed by atoms with Crippen LogP contribution in [-0.4, -0.2) is 11.1 Å². The molecule has 288 valence electrons. The molecular weight excluding hydrogens is 701 g/mol. The van der Waals surface area contributed by atoms with Gasteiger partial charge in [-0.25, -0.2) is 0 Å². The van der Waals surface area contributed by atoms with Gasteiger partial charge in [-0.2, -0.15) is 0 Å². The Morgan fingerprint density at radius 2 is 0.552 bits per heavy atom. The first-order chi connectivity index (χ1) is 28.1. The van der Waals surface area contributed by atoms with Gasteiger partial charge < -0.3 is 9.80 Å². The van der Waals surface area contributed by atoms with Gasteiger partial charge >= 0.3 is 0 Å². The number of para-hydroxylation sites is 2. The average Bonchev–Trinajstić information content (AvgIpc) is 3.25. The number of hydrogen-bond acceptors (Lipinski definition) is 2. The van der Waals surface area contributed by atoms with Gasteiger partial charge in [0.1, 0.15) is 0 Å². The second-order valence-electron chi connectivity index (χ2n) is 16.6. The number of benzene rings is 8. The Hall–Kier alpha value is -6.64. The molecular formula is C56H54N2. The van der Waals surface area contributed by atoms with E-state index in [2.05, 4.69) is 270 Å². The normalized spacial score (nSPS) is 11.3. The lowest BCUT2D eigenvalue weighted by Crippen LogP contribution is -2.38. The summed E-state index contributed by atoms with van der Waals surface area (Å²) >= 11 is 0. The molecule has 8 rings (SSSR count). The Labute approximate surface area is 346 Å². The molecule has 0 fully saturated rings. The molecule has 58 heavy (non-hydrogen) atoms. The molecule has 8 aromatic rings. The molecule has 8 aromatic carbocycles. The number of nitrogens with zero attached hydrogens (tertiary/aromatic N) is 2. The van der Waals surface area contributed by atoms with E-state index < -0.39 is 0 Å². The van der Waals surface area contributed by atoms with Crippen molar-refractivity contribution in [2.75, 3.05) is 9.80 Å². The molecule has 0 aromatic heterocycles. The zero-order valence-corrected chi connectivity index (χ0v) is 34.7. The van der Waals surface area contributed by atoms with Gasteiger partial charge in [0.25, 0.3) is 0 Å². The summed E-state index contributed by atoms with van der Waals surface area (Å²) in [6.45, 7) is 13.6. The summed E-state index contributed by atoms with van der Waals surface area (Å²) < 4.78 is 0. The van der Waals surface area contributed by atoms with Crippen molar-refractivity contribution in [1.29, 1.82) is 0 Å². The van der Waals surface area contributed by atoms with Crippen LogP contribution in [0.5, 0.6) is 0 Å². The summed E-state index contributed by atoms with van der Waals surface area (Å²) in [6, 6.07) is 77.5. The maximum Gasteiger partial charge on any atom is 0.0495 e. The first kappa shape index (κ1) is 39.6. The highest BCUT2D eigenvalue weighted by Gasteiger charge is 2.28. The molecule has 0 bridgehead atoms. The largest absolute Gasteiger partial charge is 0.336 e. The monoisotopic (exact) mass is 754 g/mol. The van der Waals surface area contributed by atoms with Crippen LogP contribution in [0.2, 0.25) is 0 Å². The third kappa shape index (κ3) is 9.31. The van der Waals surface area contributed by atoms with Gasteiger partial charge in [-0.3, -0.25) is 0 Å². The van der Waals surface area contributed by atoms with Crippen LogP contribution in [0.3, 0.4) is 0 Å². The van der Waals surface area contributed by atoms with E-state index in [9.17, 15) is 0 Å². The highest BCUT2D eigenvalue weighted by Crippen LogP contribution is 2.44. The second kappa shape index (κ2) is 17.7. The topological polar surface area (TPSA) is 6.48 Å². The van der Waals surface area contributed by atoms with Gasteiger partial charge in [-0.1, -0.05) is 182 Å². The van der Waals surface area contributed by atoms with Crippen molar-refractivity contribution < 1.29 is 0 Å². The summed E-state index contributed by atoms with van der Waals surface area (Å²) in [5.41, 5.74) is 14.6. The zero-order chi connectivity index (χ0) is 40.5. The Balaban J connectivity index is 0.000000177. The third-order valence-corrected chi connectivity index (χ3v) is 10.2. The maximum atomic E-state index is 2.47. The molecule has 0 aliphatic heterocycles. The molecule has 0 saturated carbocycles. The SMILES string of the molecule is CC(C)(C)N(c1cccc(-c2ccccc2)c1)c1cccc(-c2ccccc2)c1.CC(C)(C)N(c1ccccc1-c1ccccc1)c1ccccc1-c1ccccc1. The van der Waals surface area contributed by atoms with E-state index in [0.717, 1.165) is 0 Å². The van der Waals surface area contributed by atoms with Gasteiger partial charge in [-0.05, 0) is 111 Å². The van der Waals surface area contributed by atoms with Crippen LogP contribution in [0.15, 0.2) is 218 Å². The Morgan fingerprint density at radius 3 is 0.897 bits per heavy atom. The molecule has 0 radical (unpaired) electrons. The van der Waals surface area contributed by atoms with Crippen molar-refractivity contribution >= 4 is 22.7 Å². The molecule has 0 amide bonds. The minimum atomic E-state index is -0.101. The van der Waals surface area contributed by atoms with Crippen molar-refractivity contribution in [3.63, 3.8) is 0 Å². The van der Waals surface area contributed by atoms with Crippen LogP contribution in [0.1, 0.15) is 41.5 Å². The van der Waals surface area contributed by atoms with Gasteiger partial charge in [0, 0.05) is 45.0 Å². The second-order valence-corrected chi connectivity index (χ2v) is 16.6. The average molecular weight is 755 g/mol. The first-order valence-corrected chi connectivity index (χ1v) is 20.3. The van der Waals surface area contributed by atoms with Crippen molar-refractivity contribution in [1.82, 2.24) is 0 Å². The molecule has 0 spiro atoms. The standard InChI is InChI=1S/2C28H27N/c1-28(2,3)29(26-20-12-10-18-24(26)22-14-6-4-7-15-22)27-21-13-11-19-25(27)23-16-8-5-9-17-23;1-28(2,3)29(26-18-10-16-24(20-26)22-12-6-4-7-13-22)27-19-11-17-25(21-27)23-14-8-5-9-15-23/h2*4-21H,1-3H3. The molecule has 0 saturated heterocycles. The molecule has 0 atom stereocenters. The lowest BCUT2D eigenvalue weighted by Gasteiger charge is -2.40. The number of rotatable bonds is 8. The lowest BCUT2D eigenvalue weighted by atomic mass is 9.95. The molecule has 2 heteroatoms. The van der Waals surface area contributed by atoms with Gasteiger partial charge in [0.2, 0.25) is 0 Å². The molecule has 0 aliphatic rings. The minimum Gasteiger partial charge on any atom is -0.336 e. The fourth-order valence-electron chi connectivity index (χ4n) is 7.75. The zero-order valence-electron chi connectivity index (χ0n) is 34.7. The smallest absolute Gasteiger partial charge is 0.0495 e. The van der Waals surface area contributed by atoms with E-state index in [1.165, 1.54) is 67.3 Å². The van der Waals surface area contributed by atoms with Crippen LogP contribution < -0.4 is 9.80 Å². The van der Waals surface area contributed by atoms with Crippen molar-refractivity contribution in [3.8, 4) is 44.5 Å². The maximum absolute atomic E-state index is 2.47. The van der Waals surface area contributed by atoms with E-state index in [1.54, 1.807) is 0 Å². The van der Waals surface area contributed by atoms with Crippen molar-refractivity contribution in [2.45, 2.75) is 52.6 Å². The lowest BCUT2D eigenvalue weighted by molar-refractivity contribution is 0.560. The molecule has 2 nitrogen and oxygen atoms in total. The Bertz CT molecular complexity index is 2350. The van der Waals surface area contributed by atoms with E-state index in [1.807, 2.05) is 0 Å². The Morgan fingerprint density at radius 1 is 0.259 bits per heavy atom. The van der Waals surface area contributed by atoms with E-state index in [4.69, 9.17) is 0 Å². The van der Waals surface area contributed by atoms with Crippen molar-refractivity contribution in [2.24, 2.45) is 0 Å². The van der Waals surface area contributed by atoms with Gasteiger partial charge in [0.05, 0.1) is 0 Å². The summed E-state index contributed by atoms with van der Waals surface area (Å²) in [5.74, 6) is 0. The van der Waals surface area contributed by atoms with Crippen LogP contribution in [0, 0.1) is 0 Å². The fraction of sp³-hybridized carbons (Fsp3) is 0.143. The van der Waals surface area contributed by atoms with Crippen LogP contribution >= 0.6 is 0 Å². The van der Waals surface area contributed by atoms with Gasteiger partial charge in [0.15, 0.2) is 0 Å². The summed E-state index contributed by atoms with van der Waals surface area (Å²) in [6.07, 6.45) is 0. The van der Waals surface area contributed by atoms with E-state index in [0.29, 0.717) is 0 Å². The Kier molecular flexibility index (Phi) is 12.1. The predicted molar refractivity (Wildman–Crippen MR) is 251 cm³/mol. The van der Waals surface area contributed by atoms with Crippen LogP contribution in [0.25, 0.3) is 44.5 Å². The molecule has 0 heterocycles. The van der Waals surface area contributed by atoms with Crippen molar-refractivity contribution in [3.05, 3.63) is 218 Å². The summed E-state index contributed by atoms with van der Waals surface area (Å²) in [7, 11) is 0. The molecule has 0 aliphatic carbocycles. The summed E-state index contributed by atoms with van der Waals surface area (Å²) in [5, 5.41) is 0. The highest BCUT2D eigenvalue weighted by molar-refractivity contribution is 5.89. The van der Waals surface area contributed by atoms with Gasteiger partial charge in [-0.15, -0.1) is 0 Å². The first-order valence-electron chi connectivity index (χ1n) is 20.3. The third-order valence-electron chi connectivity index (χ3n) is 10.2. The minimum absolute atomic E-state index is 0.0649. The molecule has 0 unspecified atom stereocenters. The van der Waals surface area contributed by atoms with E-state index >= 15 is 0 Å². The quantitative estimate of drug-likeness (QED) is 0.152. The van der Waals surface area contributed by atoms with Crippen LogP contribution in [-0.2, 0) is 0 Å². The van der Waals surface area contributed by atoms with E-state index in [-0.39, 0.29) is 11.1 Å². The predicted octanol–water partition coefficient (Wildman–Crippen LogP) is 15.9. The highest BCUT2D eigenvalue weighted by atomic mass is 15.2. The summed E-state index contributed by atoms with van der Waals surface area (Å²) in [4.78, 5) is 4.89. The van der Waals surface area contributed by atoms with Crippen LogP contribution in [0.4, 0.5) is 22.7 Å². The molecule has 0 N–H and O–H groups in total. The number of anilines is 4.